The van der Waals surface area contributed by atoms with Gasteiger partial charge in [0, 0.05) is 40.8 Å². The molecule has 0 atom stereocenters. The lowest BCUT2D eigenvalue weighted by Gasteiger charge is -2.15. The summed E-state index contributed by atoms with van der Waals surface area (Å²) < 4.78 is 2.32. The van der Waals surface area contributed by atoms with E-state index in [-0.39, 0.29) is 0 Å². The molecule has 3 heterocycles. The number of benzene rings is 7. The van der Waals surface area contributed by atoms with E-state index in [1.807, 2.05) is 48.8 Å². The molecule has 4 heteroatoms. The van der Waals surface area contributed by atoms with Crippen LogP contribution in [0.2, 0.25) is 0 Å². The van der Waals surface area contributed by atoms with Crippen molar-refractivity contribution in [3.05, 3.63) is 194 Å². The first-order chi connectivity index (χ1) is 26.2. The Hall–Kier alpha value is -7.35. The van der Waals surface area contributed by atoms with E-state index in [2.05, 4.69) is 142 Å². The highest BCUT2D eigenvalue weighted by Crippen LogP contribution is 2.42. The molecule has 0 fully saturated rings. The third kappa shape index (κ3) is 5.14. The Bertz CT molecular complexity index is 3000. The van der Waals surface area contributed by atoms with Crippen LogP contribution in [0.5, 0.6) is 0 Å². The molecule has 0 aliphatic heterocycles. The maximum Gasteiger partial charge on any atom is 0.188 e. The topological polar surface area (TPSA) is 35.1 Å². The average molecular weight is 675 g/mol. The van der Waals surface area contributed by atoms with Gasteiger partial charge in [-0.2, -0.15) is 0 Å². The molecule has 0 spiro atoms. The van der Waals surface area contributed by atoms with Gasteiger partial charge in [-0.05, 0) is 115 Å². The van der Waals surface area contributed by atoms with Crippen LogP contribution in [0.1, 0.15) is 0 Å². The Morgan fingerprint density at radius 3 is 1.98 bits per heavy atom. The van der Waals surface area contributed by atoms with Crippen LogP contribution in [0.15, 0.2) is 182 Å². The molecular formula is C49H30N4. The summed E-state index contributed by atoms with van der Waals surface area (Å²) in [4.78, 5) is 13.0. The van der Waals surface area contributed by atoms with Crippen LogP contribution in [0.3, 0.4) is 0 Å². The second kappa shape index (κ2) is 12.5. The van der Waals surface area contributed by atoms with Crippen molar-refractivity contribution in [1.82, 2.24) is 14.5 Å². The fourth-order valence-corrected chi connectivity index (χ4v) is 7.89. The minimum atomic E-state index is 0.616. The van der Waals surface area contributed by atoms with E-state index in [9.17, 15) is 0 Å². The van der Waals surface area contributed by atoms with Crippen molar-refractivity contribution >= 4 is 49.0 Å². The second-order valence-electron chi connectivity index (χ2n) is 13.3. The van der Waals surface area contributed by atoms with Crippen molar-refractivity contribution in [2.45, 2.75) is 0 Å². The summed E-state index contributed by atoms with van der Waals surface area (Å²) in [7, 11) is 0. The molecule has 0 saturated heterocycles. The molecule has 246 valence electrons. The lowest BCUT2D eigenvalue weighted by molar-refractivity contribution is 1.18. The molecule has 0 saturated carbocycles. The maximum atomic E-state index is 7.86. The number of aromatic nitrogens is 3. The van der Waals surface area contributed by atoms with Crippen molar-refractivity contribution in [3.63, 3.8) is 0 Å². The molecule has 7 aromatic carbocycles. The first-order valence-electron chi connectivity index (χ1n) is 17.7. The Kier molecular flexibility index (Phi) is 7.16. The van der Waals surface area contributed by atoms with Crippen LogP contribution >= 0.6 is 0 Å². The van der Waals surface area contributed by atoms with Gasteiger partial charge in [-0.3, -0.25) is 9.97 Å². The number of rotatable bonds is 5. The molecule has 0 unspecified atom stereocenters. The third-order valence-corrected chi connectivity index (χ3v) is 10.3. The summed E-state index contributed by atoms with van der Waals surface area (Å²) in [6.45, 7) is 7.86. The van der Waals surface area contributed by atoms with Gasteiger partial charge in [-0.15, -0.1) is 0 Å². The summed E-state index contributed by atoms with van der Waals surface area (Å²) in [6.07, 6.45) is 5.53. The summed E-state index contributed by atoms with van der Waals surface area (Å²) in [5, 5.41) is 7.03. The Morgan fingerprint density at radius 1 is 0.453 bits per heavy atom. The van der Waals surface area contributed by atoms with Gasteiger partial charge in [0.05, 0.1) is 23.3 Å². The van der Waals surface area contributed by atoms with E-state index in [1.54, 1.807) is 6.20 Å². The summed E-state index contributed by atoms with van der Waals surface area (Å²) in [5.41, 5.74) is 12.5. The quantitative estimate of drug-likeness (QED) is 0.170. The lowest BCUT2D eigenvalue weighted by Crippen LogP contribution is -1.96. The summed E-state index contributed by atoms with van der Waals surface area (Å²) in [6, 6.07) is 57.8. The second-order valence-corrected chi connectivity index (χ2v) is 13.3. The molecule has 0 N–H and O–H groups in total. The SMILES string of the molecule is [C-]#[N+]c1ccc2c(c1)c1cc(-c3ccc(-c4cccc5ccccc45)c4ccccc34)ccc1n2-c1cc(-c2cccnc2)cc(-c2ccccn2)c1. The predicted molar refractivity (Wildman–Crippen MR) is 219 cm³/mol. The summed E-state index contributed by atoms with van der Waals surface area (Å²) >= 11 is 0. The van der Waals surface area contributed by atoms with Gasteiger partial charge in [0.15, 0.2) is 5.69 Å². The standard InChI is InChI=1S/C49H30N4/c1-50-37-19-23-49-46(30-37)45-29-33(40-20-21-44(43-15-5-4-14-41(40)43)42-16-8-11-32-10-2-3-13-39(32)42)18-22-48(45)53(49)38-27-35(34-12-9-24-51-31-34)26-36(28-38)47-17-6-7-25-52-47/h2-31H. The zero-order chi connectivity index (χ0) is 35.3. The predicted octanol–water partition coefficient (Wildman–Crippen LogP) is 13.1. The minimum absolute atomic E-state index is 0.616. The van der Waals surface area contributed by atoms with Crippen LogP contribution in [-0.4, -0.2) is 14.5 Å². The van der Waals surface area contributed by atoms with E-state index in [0.717, 1.165) is 55.4 Å². The molecule has 0 radical (unpaired) electrons. The first kappa shape index (κ1) is 30.5. The molecule has 53 heavy (non-hydrogen) atoms. The Labute approximate surface area is 306 Å². The van der Waals surface area contributed by atoms with Crippen LogP contribution in [-0.2, 0) is 0 Å². The highest BCUT2D eigenvalue weighted by molar-refractivity contribution is 6.14. The average Bonchev–Trinajstić information content (AvgIpc) is 3.56. The number of nitrogens with zero attached hydrogens (tertiary/aromatic N) is 4. The lowest BCUT2D eigenvalue weighted by atomic mass is 9.90. The van der Waals surface area contributed by atoms with Gasteiger partial charge in [0.2, 0.25) is 0 Å². The van der Waals surface area contributed by atoms with Crippen molar-refractivity contribution < 1.29 is 0 Å². The molecule has 0 amide bonds. The van der Waals surface area contributed by atoms with Crippen molar-refractivity contribution in [1.29, 1.82) is 0 Å². The number of hydrogen-bond acceptors (Lipinski definition) is 2. The zero-order valence-corrected chi connectivity index (χ0v) is 28.6. The van der Waals surface area contributed by atoms with Crippen LogP contribution in [0.25, 0.3) is 98.5 Å². The molecule has 10 aromatic rings. The zero-order valence-electron chi connectivity index (χ0n) is 28.6. The molecule has 0 aliphatic carbocycles. The van der Waals surface area contributed by atoms with Crippen LogP contribution in [0.4, 0.5) is 5.69 Å². The fraction of sp³-hybridized carbons (Fsp3) is 0. The van der Waals surface area contributed by atoms with E-state index >= 15 is 0 Å². The van der Waals surface area contributed by atoms with E-state index in [1.165, 1.54) is 38.2 Å². The smallest absolute Gasteiger partial charge is 0.188 e. The van der Waals surface area contributed by atoms with Crippen molar-refractivity contribution in [3.8, 4) is 50.3 Å². The molecule has 4 nitrogen and oxygen atoms in total. The third-order valence-electron chi connectivity index (χ3n) is 10.3. The van der Waals surface area contributed by atoms with Gasteiger partial charge in [-0.25, -0.2) is 4.85 Å². The van der Waals surface area contributed by atoms with Crippen LogP contribution < -0.4 is 0 Å². The van der Waals surface area contributed by atoms with E-state index in [4.69, 9.17) is 11.6 Å². The highest BCUT2D eigenvalue weighted by Gasteiger charge is 2.18. The van der Waals surface area contributed by atoms with E-state index in [0.29, 0.717) is 5.69 Å². The number of pyridine rings is 2. The molecule has 3 aromatic heterocycles. The van der Waals surface area contributed by atoms with Gasteiger partial charge < -0.3 is 4.57 Å². The normalized spacial score (nSPS) is 11.4. The monoisotopic (exact) mass is 674 g/mol. The molecular weight excluding hydrogens is 645 g/mol. The minimum Gasteiger partial charge on any atom is -0.309 e. The Morgan fingerprint density at radius 2 is 1.17 bits per heavy atom. The maximum absolute atomic E-state index is 7.86. The largest absolute Gasteiger partial charge is 0.309 e. The number of fused-ring (bicyclic) bond motifs is 5. The van der Waals surface area contributed by atoms with Gasteiger partial charge in [-0.1, -0.05) is 103 Å². The summed E-state index contributed by atoms with van der Waals surface area (Å²) in [5.74, 6) is 0. The molecule has 0 aliphatic rings. The molecule has 10 rings (SSSR count). The Balaban J connectivity index is 1.20. The van der Waals surface area contributed by atoms with Crippen molar-refractivity contribution in [2.24, 2.45) is 0 Å². The van der Waals surface area contributed by atoms with Gasteiger partial charge in [0.1, 0.15) is 0 Å². The van der Waals surface area contributed by atoms with E-state index < -0.39 is 0 Å². The number of hydrogen-bond donors (Lipinski definition) is 0. The first-order valence-corrected chi connectivity index (χ1v) is 17.7. The fourth-order valence-electron chi connectivity index (χ4n) is 7.89. The van der Waals surface area contributed by atoms with Gasteiger partial charge >= 0.3 is 0 Å². The van der Waals surface area contributed by atoms with Gasteiger partial charge in [0.25, 0.3) is 0 Å². The van der Waals surface area contributed by atoms with Crippen molar-refractivity contribution in [2.75, 3.05) is 0 Å². The molecule has 0 bridgehead atoms. The van der Waals surface area contributed by atoms with Crippen LogP contribution in [0, 0.1) is 6.57 Å². The highest BCUT2D eigenvalue weighted by atomic mass is 15.0.